The van der Waals surface area contributed by atoms with Gasteiger partial charge in [-0.1, -0.05) is 127 Å². The number of carbonyl (C=O) groups excluding carboxylic acids is 4. The number of aliphatic carboxylic acids is 1. The highest BCUT2D eigenvalue weighted by Gasteiger charge is 2.34. The Kier molecular flexibility index (Phi) is 17.2. The second kappa shape index (κ2) is 21.5. The summed E-state index contributed by atoms with van der Waals surface area (Å²) in [6, 6.07) is 14.1. The molecular formula is C38H52N2O9. The molecule has 0 heterocycles. The van der Waals surface area contributed by atoms with Gasteiger partial charge in [-0.2, -0.15) is 0 Å². The highest BCUT2D eigenvalue weighted by Crippen LogP contribution is 2.44. The third kappa shape index (κ3) is 12.5. The quantitative estimate of drug-likeness (QED) is 0.0977. The minimum atomic E-state index is -1.51. The van der Waals surface area contributed by atoms with Crippen molar-refractivity contribution in [2.45, 2.75) is 116 Å². The number of fused-ring (bicyclic) bond motifs is 3. The number of alkyl carbamates (subject to hydrolysis) is 1. The minimum absolute atomic E-state index is 0.0200. The lowest BCUT2D eigenvalue weighted by atomic mass is 9.98. The Morgan fingerprint density at radius 3 is 1.65 bits per heavy atom. The first-order valence-corrected chi connectivity index (χ1v) is 17.8. The summed E-state index contributed by atoms with van der Waals surface area (Å²) in [5.41, 5.74) is 4.11. The molecule has 0 aliphatic heterocycles. The van der Waals surface area contributed by atoms with Crippen LogP contribution in [-0.4, -0.2) is 66.0 Å². The fourth-order valence-corrected chi connectivity index (χ4v) is 5.91. The van der Waals surface area contributed by atoms with E-state index >= 15 is 0 Å². The zero-order valence-corrected chi connectivity index (χ0v) is 29.0. The first-order chi connectivity index (χ1) is 23.8. The zero-order chi connectivity index (χ0) is 35.4. The van der Waals surface area contributed by atoms with Crippen molar-refractivity contribution in [1.29, 1.82) is 0 Å². The number of carboxylic acids is 1. The maximum absolute atomic E-state index is 13.2. The molecule has 11 nitrogen and oxygen atoms in total. The van der Waals surface area contributed by atoms with Crippen LogP contribution in [0.4, 0.5) is 14.4 Å². The van der Waals surface area contributed by atoms with Crippen LogP contribution in [0, 0.1) is 0 Å². The molecule has 11 heteroatoms. The number of hydrogen-bond acceptors (Lipinski definition) is 8. The molecule has 0 unspecified atom stereocenters. The van der Waals surface area contributed by atoms with Gasteiger partial charge in [-0.3, -0.25) is 4.79 Å². The fraction of sp³-hybridized carbons (Fsp3) is 0.553. The van der Waals surface area contributed by atoms with Crippen molar-refractivity contribution in [2.24, 2.45) is 0 Å². The number of carboxylic acid groups (broad SMARTS) is 1. The number of unbranched alkanes of at least 4 members (excludes halogenated alkanes) is 10. The van der Waals surface area contributed by atoms with Gasteiger partial charge < -0.3 is 24.6 Å². The predicted octanol–water partition coefficient (Wildman–Crippen LogP) is 8.58. The van der Waals surface area contributed by atoms with E-state index < -0.39 is 49.0 Å². The summed E-state index contributed by atoms with van der Waals surface area (Å²) >= 11 is 0. The van der Waals surface area contributed by atoms with Gasteiger partial charge in [0.05, 0.1) is 13.2 Å². The lowest BCUT2D eigenvalue weighted by molar-refractivity contribution is -0.139. The number of rotatable bonds is 21. The Hall–Kier alpha value is -4.41. The summed E-state index contributed by atoms with van der Waals surface area (Å²) < 4.78 is 15.9. The second-order valence-corrected chi connectivity index (χ2v) is 12.4. The van der Waals surface area contributed by atoms with Crippen LogP contribution < -0.4 is 5.32 Å². The molecule has 49 heavy (non-hydrogen) atoms. The summed E-state index contributed by atoms with van der Waals surface area (Å²) in [5, 5.41) is 12.1. The van der Waals surface area contributed by atoms with Crippen LogP contribution in [0.1, 0.15) is 121 Å². The topological polar surface area (TPSA) is 149 Å². The van der Waals surface area contributed by atoms with Crippen molar-refractivity contribution >= 4 is 30.2 Å². The predicted molar refractivity (Wildman–Crippen MR) is 185 cm³/mol. The third-order valence-corrected chi connectivity index (χ3v) is 8.64. The molecule has 1 atom stereocenters. The number of ether oxygens (including phenoxy) is 3. The number of imide groups is 3. The van der Waals surface area contributed by atoms with Gasteiger partial charge in [-0.15, -0.1) is 4.90 Å². The molecule has 0 aromatic heterocycles. The first kappa shape index (κ1) is 39.0. The molecule has 4 amide bonds. The minimum Gasteiger partial charge on any atom is -0.480 e. The number of carbonyl (C=O) groups is 5. The normalized spacial score (nSPS) is 12.4. The molecular weight excluding hydrogens is 628 g/mol. The molecule has 0 saturated heterocycles. The molecule has 2 aromatic rings. The van der Waals surface area contributed by atoms with Gasteiger partial charge in [0, 0.05) is 12.3 Å². The van der Waals surface area contributed by atoms with E-state index in [9.17, 15) is 29.1 Å². The zero-order valence-electron chi connectivity index (χ0n) is 29.0. The molecule has 0 saturated carbocycles. The van der Waals surface area contributed by atoms with E-state index in [1.54, 1.807) is 0 Å². The van der Waals surface area contributed by atoms with Crippen molar-refractivity contribution in [1.82, 2.24) is 10.2 Å². The summed E-state index contributed by atoms with van der Waals surface area (Å²) in [6.45, 7) is 4.28. The second-order valence-electron chi connectivity index (χ2n) is 12.4. The number of nitrogens with zero attached hydrogens (tertiary/aromatic N) is 1. The van der Waals surface area contributed by atoms with Crippen molar-refractivity contribution < 1.29 is 43.3 Å². The molecule has 1 aliphatic rings. The van der Waals surface area contributed by atoms with Gasteiger partial charge >= 0.3 is 24.2 Å². The SMILES string of the molecule is CCCCCCCCOC(=O)N(C(=O)CC[C@@H](NC(=O)OCC1c2ccccc2-c2ccccc21)C(=O)O)C(=O)OCCCCCCCC. The average molecular weight is 681 g/mol. The van der Waals surface area contributed by atoms with E-state index in [0.29, 0.717) is 17.7 Å². The molecule has 2 aromatic carbocycles. The largest absolute Gasteiger partial charge is 0.480 e. The fourth-order valence-electron chi connectivity index (χ4n) is 5.91. The Morgan fingerprint density at radius 2 is 1.16 bits per heavy atom. The van der Waals surface area contributed by atoms with Crippen LogP contribution in [-0.2, 0) is 23.8 Å². The molecule has 0 fully saturated rings. The number of amides is 4. The molecule has 0 bridgehead atoms. The number of nitrogens with one attached hydrogen (secondary N) is 1. The van der Waals surface area contributed by atoms with Crippen LogP contribution in [0.25, 0.3) is 11.1 Å². The van der Waals surface area contributed by atoms with Crippen molar-refractivity contribution in [2.75, 3.05) is 19.8 Å². The van der Waals surface area contributed by atoms with E-state index in [1.807, 2.05) is 48.5 Å². The molecule has 2 N–H and O–H groups in total. The molecule has 1 aliphatic carbocycles. The highest BCUT2D eigenvalue weighted by atomic mass is 16.6. The maximum atomic E-state index is 13.2. The van der Waals surface area contributed by atoms with Gasteiger partial charge in [0.25, 0.3) is 0 Å². The van der Waals surface area contributed by atoms with Gasteiger partial charge in [0.15, 0.2) is 0 Å². The number of hydrogen-bond donors (Lipinski definition) is 2. The van der Waals surface area contributed by atoms with Gasteiger partial charge in [-0.05, 0) is 41.5 Å². The van der Waals surface area contributed by atoms with Crippen LogP contribution in [0.3, 0.4) is 0 Å². The van der Waals surface area contributed by atoms with Crippen LogP contribution in [0.15, 0.2) is 48.5 Å². The van der Waals surface area contributed by atoms with E-state index in [2.05, 4.69) is 19.2 Å². The Morgan fingerprint density at radius 1 is 0.694 bits per heavy atom. The first-order valence-electron chi connectivity index (χ1n) is 17.8. The van der Waals surface area contributed by atoms with Crippen molar-refractivity contribution in [3.05, 3.63) is 59.7 Å². The van der Waals surface area contributed by atoms with E-state index in [1.165, 1.54) is 0 Å². The maximum Gasteiger partial charge on any atom is 0.426 e. The van der Waals surface area contributed by atoms with Crippen LogP contribution in [0.5, 0.6) is 0 Å². The summed E-state index contributed by atoms with van der Waals surface area (Å²) in [4.78, 5) is 64.0. The van der Waals surface area contributed by atoms with Crippen LogP contribution >= 0.6 is 0 Å². The Labute approximate surface area is 289 Å². The van der Waals surface area contributed by atoms with Crippen molar-refractivity contribution in [3.63, 3.8) is 0 Å². The molecule has 268 valence electrons. The molecule has 0 radical (unpaired) electrons. The lowest BCUT2D eigenvalue weighted by Gasteiger charge is -2.20. The molecule has 0 spiro atoms. The number of benzene rings is 2. The smallest absolute Gasteiger partial charge is 0.426 e. The van der Waals surface area contributed by atoms with E-state index in [0.717, 1.165) is 86.5 Å². The Balaban J connectivity index is 1.55. The summed E-state index contributed by atoms with van der Waals surface area (Å²) in [7, 11) is 0. The van der Waals surface area contributed by atoms with Gasteiger partial charge in [0.2, 0.25) is 5.91 Å². The van der Waals surface area contributed by atoms with Crippen molar-refractivity contribution in [3.8, 4) is 11.1 Å². The van der Waals surface area contributed by atoms with E-state index in [4.69, 9.17) is 14.2 Å². The highest BCUT2D eigenvalue weighted by molar-refractivity contribution is 6.06. The lowest BCUT2D eigenvalue weighted by Crippen LogP contribution is -2.45. The average Bonchev–Trinajstić information content (AvgIpc) is 3.41. The summed E-state index contributed by atoms with van der Waals surface area (Å²) in [6.07, 6.45) is 7.20. The van der Waals surface area contributed by atoms with Gasteiger partial charge in [-0.25, -0.2) is 19.2 Å². The van der Waals surface area contributed by atoms with Crippen LogP contribution in [0.2, 0.25) is 0 Å². The summed E-state index contributed by atoms with van der Waals surface area (Å²) in [5.74, 6) is -2.60. The van der Waals surface area contributed by atoms with Gasteiger partial charge in [0.1, 0.15) is 12.6 Å². The molecule has 3 rings (SSSR count). The monoisotopic (exact) mass is 680 g/mol. The third-order valence-electron chi connectivity index (χ3n) is 8.64. The standard InChI is InChI=1S/C38H52N2O9/c1-3-5-7-9-11-17-25-47-37(45)40(38(46)48-26-18-12-10-8-6-4-2)34(41)24-23-33(35(42)43)39-36(44)49-27-32-30-21-15-13-19-28(30)29-20-14-16-22-31(29)32/h13-16,19-22,32-33H,3-12,17-18,23-27H2,1-2H3,(H,39,44)(H,42,43)/t33-/m1/s1. The Bertz CT molecular complexity index is 1300. The van der Waals surface area contributed by atoms with E-state index in [-0.39, 0.29) is 25.7 Å².